The summed E-state index contributed by atoms with van der Waals surface area (Å²) in [7, 11) is 0. The SMILES string of the molecule is CC(C)NC(=O)CNC1CCC(NC(=O)OC(C)(C)C)CC1. The number of rotatable bonds is 5. The van der Waals surface area contributed by atoms with Gasteiger partial charge >= 0.3 is 6.09 Å². The highest BCUT2D eigenvalue weighted by Gasteiger charge is 2.24. The number of hydrogen-bond donors (Lipinski definition) is 3. The van der Waals surface area contributed by atoms with Gasteiger partial charge in [0.1, 0.15) is 5.60 Å². The monoisotopic (exact) mass is 313 g/mol. The van der Waals surface area contributed by atoms with Crippen molar-refractivity contribution in [2.24, 2.45) is 0 Å². The summed E-state index contributed by atoms with van der Waals surface area (Å²) in [6.07, 6.45) is 3.37. The van der Waals surface area contributed by atoms with Crippen molar-refractivity contribution in [1.29, 1.82) is 0 Å². The summed E-state index contributed by atoms with van der Waals surface area (Å²) in [6, 6.07) is 0.676. The van der Waals surface area contributed by atoms with E-state index in [1.165, 1.54) is 0 Å². The minimum Gasteiger partial charge on any atom is -0.444 e. The molecular weight excluding hydrogens is 282 g/mol. The molecule has 1 saturated carbocycles. The largest absolute Gasteiger partial charge is 0.444 e. The first kappa shape index (κ1) is 18.7. The fourth-order valence-electron chi connectivity index (χ4n) is 2.53. The zero-order valence-corrected chi connectivity index (χ0v) is 14.5. The summed E-state index contributed by atoms with van der Waals surface area (Å²) in [5, 5.41) is 9.07. The molecule has 1 fully saturated rings. The van der Waals surface area contributed by atoms with Gasteiger partial charge in [-0.2, -0.15) is 0 Å². The lowest BCUT2D eigenvalue weighted by Gasteiger charge is -2.30. The molecule has 0 atom stereocenters. The maximum atomic E-state index is 11.7. The summed E-state index contributed by atoms with van der Waals surface area (Å²) in [6.45, 7) is 9.82. The second kappa shape index (κ2) is 8.36. The molecule has 1 rings (SSSR count). The van der Waals surface area contributed by atoms with Crippen LogP contribution >= 0.6 is 0 Å². The summed E-state index contributed by atoms with van der Waals surface area (Å²) in [4.78, 5) is 23.3. The third-order valence-corrected chi connectivity index (χ3v) is 3.45. The van der Waals surface area contributed by atoms with E-state index in [2.05, 4.69) is 16.0 Å². The Morgan fingerprint density at radius 3 is 2.14 bits per heavy atom. The third-order valence-electron chi connectivity index (χ3n) is 3.45. The molecule has 0 saturated heterocycles. The van der Waals surface area contributed by atoms with Gasteiger partial charge in [-0.15, -0.1) is 0 Å². The van der Waals surface area contributed by atoms with Crippen LogP contribution in [-0.4, -0.2) is 42.3 Å². The van der Waals surface area contributed by atoms with E-state index in [0.29, 0.717) is 12.6 Å². The summed E-state index contributed by atoms with van der Waals surface area (Å²) in [5.74, 6) is 0.0315. The van der Waals surface area contributed by atoms with Crippen LogP contribution in [0.4, 0.5) is 4.79 Å². The van der Waals surface area contributed by atoms with Crippen molar-refractivity contribution in [2.75, 3.05) is 6.54 Å². The zero-order chi connectivity index (χ0) is 16.8. The molecule has 2 amide bonds. The van der Waals surface area contributed by atoms with Crippen molar-refractivity contribution in [3.8, 4) is 0 Å². The molecule has 0 bridgehead atoms. The lowest BCUT2D eigenvalue weighted by molar-refractivity contribution is -0.120. The summed E-state index contributed by atoms with van der Waals surface area (Å²) in [5.41, 5.74) is -0.466. The Morgan fingerprint density at radius 1 is 1.09 bits per heavy atom. The molecular formula is C16H31N3O3. The maximum absolute atomic E-state index is 11.7. The molecule has 6 heteroatoms. The Hall–Kier alpha value is -1.30. The predicted molar refractivity (Wildman–Crippen MR) is 86.7 cm³/mol. The van der Waals surface area contributed by atoms with E-state index in [4.69, 9.17) is 4.74 Å². The number of nitrogens with one attached hydrogen (secondary N) is 3. The van der Waals surface area contributed by atoms with E-state index in [0.717, 1.165) is 25.7 Å². The van der Waals surface area contributed by atoms with Crippen LogP contribution in [0.5, 0.6) is 0 Å². The van der Waals surface area contributed by atoms with Gasteiger partial charge in [-0.3, -0.25) is 4.79 Å². The number of ether oxygens (including phenoxy) is 1. The average Bonchev–Trinajstić information content (AvgIpc) is 2.34. The van der Waals surface area contributed by atoms with E-state index < -0.39 is 5.60 Å². The van der Waals surface area contributed by atoms with Gasteiger partial charge in [-0.1, -0.05) is 0 Å². The molecule has 3 N–H and O–H groups in total. The van der Waals surface area contributed by atoms with Crippen LogP contribution in [0.2, 0.25) is 0 Å². The highest BCUT2D eigenvalue weighted by molar-refractivity contribution is 5.78. The molecule has 1 aliphatic rings. The standard InChI is InChI=1S/C16H31N3O3/c1-11(2)18-14(20)10-17-12-6-8-13(9-7-12)19-15(21)22-16(3,4)5/h11-13,17H,6-10H2,1-5H3,(H,18,20)(H,19,21). The van der Waals surface area contributed by atoms with Crippen molar-refractivity contribution < 1.29 is 14.3 Å². The van der Waals surface area contributed by atoms with Gasteiger partial charge in [0.05, 0.1) is 6.54 Å². The first-order valence-electron chi connectivity index (χ1n) is 8.18. The number of carbonyl (C=O) groups is 2. The molecule has 0 aromatic rings. The van der Waals surface area contributed by atoms with Crippen molar-refractivity contribution in [3.63, 3.8) is 0 Å². The van der Waals surface area contributed by atoms with Gasteiger partial charge in [-0.05, 0) is 60.3 Å². The van der Waals surface area contributed by atoms with Crippen molar-refractivity contribution in [1.82, 2.24) is 16.0 Å². The third kappa shape index (κ3) is 8.22. The fraction of sp³-hybridized carbons (Fsp3) is 0.875. The van der Waals surface area contributed by atoms with E-state index >= 15 is 0 Å². The minimum atomic E-state index is -0.466. The van der Waals surface area contributed by atoms with Crippen LogP contribution in [0, 0.1) is 0 Å². The predicted octanol–water partition coefficient (Wildman–Crippen LogP) is 1.94. The minimum absolute atomic E-state index is 0.0315. The first-order chi connectivity index (χ1) is 10.2. The number of alkyl carbamates (subject to hydrolysis) is 1. The van der Waals surface area contributed by atoms with Crippen LogP contribution in [0.3, 0.4) is 0 Å². The highest BCUT2D eigenvalue weighted by atomic mass is 16.6. The van der Waals surface area contributed by atoms with E-state index in [-0.39, 0.29) is 24.1 Å². The van der Waals surface area contributed by atoms with Crippen LogP contribution in [0.15, 0.2) is 0 Å². The molecule has 128 valence electrons. The second-order valence-electron chi connectivity index (χ2n) is 7.30. The normalized spacial score (nSPS) is 22.3. The van der Waals surface area contributed by atoms with Crippen LogP contribution in [-0.2, 0) is 9.53 Å². The van der Waals surface area contributed by atoms with Crippen LogP contribution < -0.4 is 16.0 Å². The Balaban J connectivity index is 2.21. The van der Waals surface area contributed by atoms with Gasteiger partial charge in [0.25, 0.3) is 0 Å². The van der Waals surface area contributed by atoms with Crippen molar-refractivity contribution in [3.05, 3.63) is 0 Å². The van der Waals surface area contributed by atoms with E-state index in [1.54, 1.807) is 0 Å². The molecule has 1 aliphatic carbocycles. The summed E-state index contributed by atoms with van der Waals surface area (Å²) >= 11 is 0. The number of carbonyl (C=O) groups excluding carboxylic acids is 2. The van der Waals surface area contributed by atoms with Crippen molar-refractivity contribution >= 4 is 12.0 Å². The Bertz CT molecular complexity index is 369. The fourth-order valence-corrected chi connectivity index (χ4v) is 2.53. The maximum Gasteiger partial charge on any atom is 0.407 e. The topological polar surface area (TPSA) is 79.5 Å². The molecule has 0 radical (unpaired) electrons. The van der Waals surface area contributed by atoms with Gasteiger partial charge in [0.15, 0.2) is 0 Å². The number of amides is 2. The lowest BCUT2D eigenvalue weighted by atomic mass is 9.91. The molecule has 22 heavy (non-hydrogen) atoms. The van der Waals surface area contributed by atoms with Crippen molar-refractivity contribution in [2.45, 2.75) is 84.0 Å². The molecule has 6 nitrogen and oxygen atoms in total. The Kier molecular flexibility index (Phi) is 7.13. The molecule has 0 aromatic heterocycles. The first-order valence-corrected chi connectivity index (χ1v) is 8.18. The molecule has 0 unspecified atom stereocenters. The quantitative estimate of drug-likeness (QED) is 0.724. The highest BCUT2D eigenvalue weighted by Crippen LogP contribution is 2.19. The zero-order valence-electron chi connectivity index (χ0n) is 14.5. The molecule has 0 aliphatic heterocycles. The molecule has 0 spiro atoms. The smallest absolute Gasteiger partial charge is 0.407 e. The lowest BCUT2D eigenvalue weighted by Crippen LogP contribution is -2.46. The Labute approximate surface area is 133 Å². The molecule has 0 heterocycles. The van der Waals surface area contributed by atoms with Gasteiger partial charge in [0, 0.05) is 18.1 Å². The average molecular weight is 313 g/mol. The van der Waals surface area contributed by atoms with Gasteiger partial charge < -0.3 is 20.7 Å². The van der Waals surface area contributed by atoms with E-state index in [9.17, 15) is 9.59 Å². The van der Waals surface area contributed by atoms with E-state index in [1.807, 2.05) is 34.6 Å². The second-order valence-corrected chi connectivity index (χ2v) is 7.30. The number of hydrogen-bond acceptors (Lipinski definition) is 4. The van der Waals surface area contributed by atoms with Gasteiger partial charge in [-0.25, -0.2) is 4.79 Å². The Morgan fingerprint density at radius 2 is 1.64 bits per heavy atom. The molecule has 0 aromatic carbocycles. The summed E-state index contributed by atoms with van der Waals surface area (Å²) < 4.78 is 5.26. The van der Waals surface area contributed by atoms with Crippen LogP contribution in [0.25, 0.3) is 0 Å². The van der Waals surface area contributed by atoms with Crippen LogP contribution in [0.1, 0.15) is 60.3 Å². The van der Waals surface area contributed by atoms with Gasteiger partial charge in [0.2, 0.25) is 5.91 Å².